The van der Waals surface area contributed by atoms with Gasteiger partial charge < -0.3 is 4.74 Å². The van der Waals surface area contributed by atoms with E-state index in [-0.39, 0.29) is 5.78 Å². The van der Waals surface area contributed by atoms with Gasteiger partial charge in [-0.3, -0.25) is 9.59 Å². The van der Waals surface area contributed by atoms with Crippen molar-refractivity contribution in [2.75, 3.05) is 0 Å². The lowest BCUT2D eigenvalue weighted by Gasteiger charge is -2.05. The molecule has 88 valence electrons. The summed E-state index contributed by atoms with van der Waals surface area (Å²) < 4.78 is 5.61. The first-order valence-electron chi connectivity index (χ1n) is 5.64. The van der Waals surface area contributed by atoms with E-state index in [4.69, 9.17) is 4.74 Å². The van der Waals surface area contributed by atoms with E-state index in [1.165, 1.54) is 0 Å². The second kappa shape index (κ2) is 4.11. The van der Waals surface area contributed by atoms with Crippen molar-refractivity contribution >= 4 is 12.1 Å². The van der Waals surface area contributed by atoms with Crippen LogP contribution in [0.25, 0.3) is 0 Å². The number of carbonyl (C=O) groups is 2. The zero-order valence-electron chi connectivity index (χ0n) is 9.55. The van der Waals surface area contributed by atoms with Gasteiger partial charge in [0.05, 0.1) is 5.56 Å². The summed E-state index contributed by atoms with van der Waals surface area (Å²) in [5.74, 6) is 0.434. The third-order valence-electron chi connectivity index (χ3n) is 3.03. The molecule has 1 aliphatic heterocycles. The van der Waals surface area contributed by atoms with E-state index in [0.717, 1.165) is 11.8 Å². The lowest BCUT2D eigenvalue weighted by Crippen LogP contribution is -2.03. The Labute approximate surface area is 104 Å². The number of fused-ring (bicyclic) bond motifs is 2. The lowest BCUT2D eigenvalue weighted by molar-refractivity contribution is 0.103. The molecule has 0 spiro atoms. The fraction of sp³-hybridized carbons (Fsp3) is 0.0667. The molecule has 0 amide bonds. The van der Waals surface area contributed by atoms with E-state index < -0.39 is 0 Å². The molecule has 0 atom stereocenters. The third-order valence-corrected chi connectivity index (χ3v) is 3.03. The van der Waals surface area contributed by atoms with Gasteiger partial charge in [0.2, 0.25) is 0 Å². The summed E-state index contributed by atoms with van der Waals surface area (Å²) in [4.78, 5) is 23.2. The number of carbonyl (C=O) groups excluding carboxylic acids is 2. The average molecular weight is 238 g/mol. The molecule has 2 aromatic carbocycles. The van der Waals surface area contributed by atoms with Gasteiger partial charge in [-0.05, 0) is 18.2 Å². The van der Waals surface area contributed by atoms with Gasteiger partial charge in [0, 0.05) is 16.7 Å². The van der Waals surface area contributed by atoms with Crippen molar-refractivity contribution in [1.29, 1.82) is 0 Å². The first kappa shape index (κ1) is 10.7. The van der Waals surface area contributed by atoms with Crippen LogP contribution in [0.3, 0.4) is 0 Å². The minimum atomic E-state index is -0.0956. The van der Waals surface area contributed by atoms with Crippen LogP contribution in [0.4, 0.5) is 0 Å². The van der Waals surface area contributed by atoms with Crippen LogP contribution in [0.1, 0.15) is 31.8 Å². The number of hydrogen-bond acceptors (Lipinski definition) is 3. The highest BCUT2D eigenvalue weighted by atomic mass is 16.5. The van der Waals surface area contributed by atoms with Crippen molar-refractivity contribution < 1.29 is 14.3 Å². The molecule has 0 aromatic heterocycles. The average Bonchev–Trinajstić information content (AvgIpc) is 2.57. The number of aldehydes is 1. The molecule has 0 unspecified atom stereocenters. The number of ketones is 1. The normalized spacial score (nSPS) is 13.0. The van der Waals surface area contributed by atoms with Gasteiger partial charge in [-0.2, -0.15) is 0 Å². The zero-order chi connectivity index (χ0) is 12.5. The SMILES string of the molecule is O=Cc1ccc2c(c1)C(=O)c1ccccc1CO2. The summed E-state index contributed by atoms with van der Waals surface area (Å²) in [6.45, 7) is 0.370. The van der Waals surface area contributed by atoms with Gasteiger partial charge in [-0.25, -0.2) is 0 Å². The molecular formula is C15H10O3. The summed E-state index contributed by atoms with van der Waals surface area (Å²) >= 11 is 0. The maximum atomic E-state index is 12.4. The van der Waals surface area contributed by atoms with Crippen molar-refractivity contribution in [1.82, 2.24) is 0 Å². The maximum absolute atomic E-state index is 12.4. The van der Waals surface area contributed by atoms with Gasteiger partial charge >= 0.3 is 0 Å². The Balaban J connectivity index is 2.20. The zero-order valence-corrected chi connectivity index (χ0v) is 9.55. The first-order chi connectivity index (χ1) is 8.79. The fourth-order valence-electron chi connectivity index (χ4n) is 2.09. The standard InChI is InChI=1S/C15H10O3/c16-8-10-5-6-14-13(7-10)15(17)12-4-2-1-3-11(12)9-18-14/h1-8H,9H2. The monoisotopic (exact) mass is 238 g/mol. The van der Waals surface area contributed by atoms with Crippen molar-refractivity contribution in [3.05, 3.63) is 64.7 Å². The van der Waals surface area contributed by atoms with Crippen LogP contribution in [0, 0.1) is 0 Å². The van der Waals surface area contributed by atoms with Crippen LogP contribution in [0.15, 0.2) is 42.5 Å². The Bertz CT molecular complexity index is 644. The van der Waals surface area contributed by atoms with Crippen LogP contribution in [0.5, 0.6) is 5.75 Å². The van der Waals surface area contributed by atoms with E-state index in [0.29, 0.717) is 29.0 Å². The molecule has 3 rings (SSSR count). The predicted molar refractivity (Wildman–Crippen MR) is 66.0 cm³/mol. The molecule has 2 aromatic rings. The molecule has 0 aliphatic carbocycles. The van der Waals surface area contributed by atoms with Crippen molar-refractivity contribution in [3.63, 3.8) is 0 Å². The van der Waals surface area contributed by atoms with Crippen LogP contribution in [-0.4, -0.2) is 12.1 Å². The van der Waals surface area contributed by atoms with Crippen molar-refractivity contribution in [2.45, 2.75) is 6.61 Å². The molecule has 3 heteroatoms. The van der Waals surface area contributed by atoms with E-state index in [2.05, 4.69) is 0 Å². The fourth-order valence-corrected chi connectivity index (χ4v) is 2.09. The van der Waals surface area contributed by atoms with E-state index in [1.54, 1.807) is 24.3 Å². The highest BCUT2D eigenvalue weighted by Crippen LogP contribution is 2.28. The molecule has 0 bridgehead atoms. The third kappa shape index (κ3) is 1.61. The first-order valence-corrected chi connectivity index (χ1v) is 5.64. The minimum Gasteiger partial charge on any atom is -0.488 e. The molecule has 18 heavy (non-hydrogen) atoms. The topological polar surface area (TPSA) is 43.4 Å². The van der Waals surface area contributed by atoms with Crippen LogP contribution >= 0.6 is 0 Å². The number of ether oxygens (including phenoxy) is 1. The Hall–Kier alpha value is -2.42. The van der Waals surface area contributed by atoms with Gasteiger partial charge in [0.1, 0.15) is 18.6 Å². The quantitative estimate of drug-likeness (QED) is 0.717. The van der Waals surface area contributed by atoms with Gasteiger partial charge in [0.15, 0.2) is 5.78 Å². The van der Waals surface area contributed by atoms with E-state index in [9.17, 15) is 9.59 Å². The summed E-state index contributed by atoms with van der Waals surface area (Å²) in [6, 6.07) is 12.3. The minimum absolute atomic E-state index is 0.0956. The second-order valence-electron chi connectivity index (χ2n) is 4.15. The van der Waals surface area contributed by atoms with Gasteiger partial charge in [-0.15, -0.1) is 0 Å². The molecule has 1 aliphatic rings. The maximum Gasteiger partial charge on any atom is 0.197 e. The molecule has 0 radical (unpaired) electrons. The van der Waals surface area contributed by atoms with Crippen LogP contribution < -0.4 is 4.74 Å². The number of benzene rings is 2. The summed E-state index contributed by atoms with van der Waals surface area (Å²) in [5.41, 5.74) is 2.43. The second-order valence-corrected chi connectivity index (χ2v) is 4.15. The van der Waals surface area contributed by atoms with E-state index >= 15 is 0 Å². The van der Waals surface area contributed by atoms with Crippen LogP contribution in [-0.2, 0) is 6.61 Å². The molecule has 0 N–H and O–H groups in total. The Morgan fingerprint density at radius 3 is 2.72 bits per heavy atom. The number of rotatable bonds is 1. The van der Waals surface area contributed by atoms with Crippen LogP contribution in [0.2, 0.25) is 0 Å². The van der Waals surface area contributed by atoms with Gasteiger partial charge in [0.25, 0.3) is 0 Å². The number of hydrogen-bond donors (Lipinski definition) is 0. The van der Waals surface area contributed by atoms with E-state index in [1.807, 2.05) is 18.2 Å². The molecule has 0 fully saturated rings. The molecule has 3 nitrogen and oxygen atoms in total. The smallest absolute Gasteiger partial charge is 0.197 e. The lowest BCUT2D eigenvalue weighted by atomic mass is 9.98. The summed E-state index contributed by atoms with van der Waals surface area (Å²) in [6.07, 6.45) is 0.727. The summed E-state index contributed by atoms with van der Waals surface area (Å²) in [5, 5.41) is 0. The Morgan fingerprint density at radius 2 is 1.89 bits per heavy atom. The Kier molecular flexibility index (Phi) is 2.45. The van der Waals surface area contributed by atoms with Crippen molar-refractivity contribution in [2.24, 2.45) is 0 Å². The molecule has 0 saturated heterocycles. The largest absolute Gasteiger partial charge is 0.488 e. The molecular weight excluding hydrogens is 228 g/mol. The van der Waals surface area contributed by atoms with Crippen molar-refractivity contribution in [3.8, 4) is 5.75 Å². The molecule has 1 heterocycles. The Morgan fingerprint density at radius 1 is 1.06 bits per heavy atom. The molecule has 0 saturated carbocycles. The van der Waals surface area contributed by atoms with Gasteiger partial charge in [-0.1, -0.05) is 24.3 Å². The summed E-state index contributed by atoms with van der Waals surface area (Å²) in [7, 11) is 0. The highest BCUT2D eigenvalue weighted by molar-refractivity contribution is 6.12. The predicted octanol–water partition coefficient (Wildman–Crippen LogP) is 2.62. The highest BCUT2D eigenvalue weighted by Gasteiger charge is 2.21.